The summed E-state index contributed by atoms with van der Waals surface area (Å²) in [6.07, 6.45) is 0. The summed E-state index contributed by atoms with van der Waals surface area (Å²) in [6.45, 7) is 1.75. The van der Waals surface area contributed by atoms with Gasteiger partial charge in [0.25, 0.3) is 0 Å². The Morgan fingerprint density at radius 1 is 1.26 bits per heavy atom. The van der Waals surface area contributed by atoms with Crippen LogP contribution < -0.4 is 4.74 Å². The zero-order chi connectivity index (χ0) is 13.8. The number of ketones is 1. The first-order chi connectivity index (χ1) is 9.08. The van der Waals surface area contributed by atoms with Crippen LogP contribution in [-0.4, -0.2) is 12.4 Å². The van der Waals surface area contributed by atoms with Crippen LogP contribution in [0.1, 0.15) is 15.9 Å². The highest BCUT2D eigenvalue weighted by Crippen LogP contribution is 2.21. The number of benzene rings is 2. The summed E-state index contributed by atoms with van der Waals surface area (Å²) < 4.78 is 19.7. The minimum atomic E-state index is -0.525. The molecule has 0 fully saturated rings. The molecule has 2 rings (SSSR count). The molecule has 0 aliphatic heterocycles. The Bertz CT molecular complexity index is 611. The molecule has 0 N–H and O–H groups in total. The number of rotatable bonds is 4. The quantitative estimate of drug-likeness (QED) is 0.790. The molecule has 19 heavy (non-hydrogen) atoms. The Morgan fingerprint density at radius 2 is 2.00 bits per heavy atom. The lowest BCUT2D eigenvalue weighted by Crippen LogP contribution is -2.13. The Labute approximate surface area is 119 Å². The number of aryl methyl sites for hydroxylation is 1. The Hall–Kier alpha value is -1.68. The molecule has 0 spiro atoms. The maximum Gasteiger partial charge on any atom is 0.203 e. The number of hydrogen-bond donors (Lipinski definition) is 0. The van der Waals surface area contributed by atoms with Crippen LogP contribution in [0.5, 0.6) is 5.75 Å². The van der Waals surface area contributed by atoms with Gasteiger partial charge < -0.3 is 4.74 Å². The van der Waals surface area contributed by atoms with E-state index in [1.807, 2.05) is 19.1 Å². The van der Waals surface area contributed by atoms with Crippen LogP contribution in [0, 0.1) is 12.7 Å². The van der Waals surface area contributed by atoms with Crippen molar-refractivity contribution >= 4 is 21.7 Å². The maximum atomic E-state index is 13.4. The largest absolute Gasteiger partial charge is 0.485 e. The predicted molar refractivity (Wildman–Crippen MR) is 75.1 cm³/mol. The Morgan fingerprint density at radius 3 is 2.68 bits per heavy atom. The first-order valence-corrected chi connectivity index (χ1v) is 6.54. The molecule has 0 unspecified atom stereocenters. The fourth-order valence-corrected chi connectivity index (χ4v) is 1.87. The second-order valence-corrected chi connectivity index (χ2v) is 4.96. The summed E-state index contributed by atoms with van der Waals surface area (Å²) in [5.74, 6) is -0.313. The Balaban J connectivity index is 2.04. The third-order valence-electron chi connectivity index (χ3n) is 2.67. The molecule has 98 valence electrons. The number of Topliss-reactive ketones (excluding diaryl/α,β-unsaturated/α-hetero) is 1. The lowest BCUT2D eigenvalue weighted by Gasteiger charge is -2.07. The molecule has 0 amide bonds. The fourth-order valence-electron chi connectivity index (χ4n) is 1.62. The average Bonchev–Trinajstić information content (AvgIpc) is 2.40. The van der Waals surface area contributed by atoms with Gasteiger partial charge in [0.15, 0.2) is 6.61 Å². The summed E-state index contributed by atoms with van der Waals surface area (Å²) in [5.41, 5.74) is 1.06. The van der Waals surface area contributed by atoms with Crippen LogP contribution in [0.15, 0.2) is 46.9 Å². The highest BCUT2D eigenvalue weighted by Gasteiger charge is 2.11. The number of carbonyl (C=O) groups excluding carboxylic acids is 1. The molecule has 0 heterocycles. The van der Waals surface area contributed by atoms with E-state index in [0.717, 1.165) is 10.0 Å². The van der Waals surface area contributed by atoms with Crippen LogP contribution in [0.3, 0.4) is 0 Å². The summed E-state index contributed by atoms with van der Waals surface area (Å²) in [4.78, 5) is 11.8. The predicted octanol–water partition coefficient (Wildman–Crippen LogP) is 4.16. The average molecular weight is 323 g/mol. The third kappa shape index (κ3) is 3.41. The molecule has 0 atom stereocenters. The summed E-state index contributed by atoms with van der Waals surface area (Å²) in [7, 11) is 0. The summed E-state index contributed by atoms with van der Waals surface area (Å²) in [6, 6.07) is 11.3. The second kappa shape index (κ2) is 5.97. The molecule has 0 aliphatic rings. The molecule has 0 aliphatic carbocycles. The van der Waals surface area contributed by atoms with Crippen molar-refractivity contribution in [1.29, 1.82) is 0 Å². The molecule has 0 saturated heterocycles. The van der Waals surface area contributed by atoms with Crippen molar-refractivity contribution in [3.63, 3.8) is 0 Å². The highest BCUT2D eigenvalue weighted by atomic mass is 79.9. The SMILES string of the molecule is Cc1cc(OCC(=O)c2ccccc2F)ccc1Br. The fraction of sp³-hybridized carbons (Fsp3) is 0.133. The number of ether oxygens (including phenoxy) is 1. The number of carbonyl (C=O) groups is 1. The van der Waals surface area contributed by atoms with Crippen molar-refractivity contribution in [3.05, 3.63) is 63.9 Å². The number of halogens is 2. The summed E-state index contributed by atoms with van der Waals surface area (Å²) >= 11 is 3.38. The van der Waals surface area contributed by atoms with E-state index in [9.17, 15) is 9.18 Å². The van der Waals surface area contributed by atoms with Crippen LogP contribution in [0.25, 0.3) is 0 Å². The molecule has 2 aromatic rings. The molecule has 0 radical (unpaired) electrons. The smallest absolute Gasteiger partial charge is 0.203 e. The van der Waals surface area contributed by atoms with E-state index in [1.165, 1.54) is 12.1 Å². The van der Waals surface area contributed by atoms with Crippen molar-refractivity contribution in [2.24, 2.45) is 0 Å². The van der Waals surface area contributed by atoms with Gasteiger partial charge in [0.1, 0.15) is 11.6 Å². The van der Waals surface area contributed by atoms with Crippen molar-refractivity contribution in [2.45, 2.75) is 6.92 Å². The van der Waals surface area contributed by atoms with E-state index in [2.05, 4.69) is 15.9 Å². The lowest BCUT2D eigenvalue weighted by molar-refractivity contribution is 0.0917. The molecular formula is C15H12BrFO2. The van der Waals surface area contributed by atoms with Gasteiger partial charge in [-0.1, -0.05) is 28.1 Å². The third-order valence-corrected chi connectivity index (χ3v) is 3.56. The Kier molecular flexibility index (Phi) is 4.32. The van der Waals surface area contributed by atoms with E-state index in [4.69, 9.17) is 4.74 Å². The van der Waals surface area contributed by atoms with Gasteiger partial charge in [-0.2, -0.15) is 0 Å². The van der Waals surface area contributed by atoms with Gasteiger partial charge in [-0.15, -0.1) is 0 Å². The van der Waals surface area contributed by atoms with Crippen molar-refractivity contribution in [2.75, 3.05) is 6.61 Å². The van der Waals surface area contributed by atoms with Gasteiger partial charge in [-0.3, -0.25) is 4.79 Å². The van der Waals surface area contributed by atoms with Crippen molar-refractivity contribution in [3.8, 4) is 5.75 Å². The van der Waals surface area contributed by atoms with Gasteiger partial charge in [0, 0.05) is 4.47 Å². The second-order valence-electron chi connectivity index (χ2n) is 4.10. The van der Waals surface area contributed by atoms with E-state index in [0.29, 0.717) is 5.75 Å². The molecule has 0 aromatic heterocycles. The highest BCUT2D eigenvalue weighted by molar-refractivity contribution is 9.10. The summed E-state index contributed by atoms with van der Waals surface area (Å²) in [5, 5.41) is 0. The van der Waals surface area contributed by atoms with E-state index >= 15 is 0 Å². The van der Waals surface area contributed by atoms with Gasteiger partial charge in [-0.05, 0) is 42.8 Å². The molecule has 0 bridgehead atoms. The van der Waals surface area contributed by atoms with Crippen LogP contribution in [0.4, 0.5) is 4.39 Å². The van der Waals surface area contributed by atoms with E-state index < -0.39 is 5.82 Å². The normalized spacial score (nSPS) is 10.3. The molecule has 2 nitrogen and oxygen atoms in total. The maximum absolute atomic E-state index is 13.4. The van der Waals surface area contributed by atoms with Crippen molar-refractivity contribution in [1.82, 2.24) is 0 Å². The van der Waals surface area contributed by atoms with Gasteiger partial charge in [-0.25, -0.2) is 4.39 Å². The number of hydrogen-bond acceptors (Lipinski definition) is 2. The van der Waals surface area contributed by atoms with Gasteiger partial charge in [0.2, 0.25) is 5.78 Å². The first kappa shape index (κ1) is 13.7. The monoisotopic (exact) mass is 322 g/mol. The lowest BCUT2D eigenvalue weighted by atomic mass is 10.1. The zero-order valence-corrected chi connectivity index (χ0v) is 11.9. The molecular weight excluding hydrogens is 311 g/mol. The molecule has 0 saturated carbocycles. The van der Waals surface area contributed by atoms with E-state index in [1.54, 1.807) is 18.2 Å². The zero-order valence-electron chi connectivity index (χ0n) is 10.3. The van der Waals surface area contributed by atoms with Crippen LogP contribution in [-0.2, 0) is 0 Å². The van der Waals surface area contributed by atoms with Crippen molar-refractivity contribution < 1.29 is 13.9 Å². The van der Waals surface area contributed by atoms with Crippen LogP contribution >= 0.6 is 15.9 Å². The molecule has 2 aromatic carbocycles. The van der Waals surface area contributed by atoms with Crippen LogP contribution in [0.2, 0.25) is 0 Å². The molecule has 4 heteroatoms. The minimum absolute atomic E-state index is 0.0522. The first-order valence-electron chi connectivity index (χ1n) is 5.74. The minimum Gasteiger partial charge on any atom is -0.485 e. The van der Waals surface area contributed by atoms with Gasteiger partial charge in [0.05, 0.1) is 5.56 Å². The topological polar surface area (TPSA) is 26.3 Å². The standard InChI is InChI=1S/C15H12BrFO2/c1-10-8-11(6-7-13(10)16)19-9-15(18)12-4-2-3-5-14(12)17/h2-8H,9H2,1H3. The van der Waals surface area contributed by atoms with Gasteiger partial charge >= 0.3 is 0 Å². The van der Waals surface area contributed by atoms with E-state index in [-0.39, 0.29) is 18.0 Å².